The summed E-state index contributed by atoms with van der Waals surface area (Å²) < 4.78 is 83.1. The van der Waals surface area contributed by atoms with E-state index < -0.39 is 46.1 Å². The quantitative estimate of drug-likeness (QED) is 0.556. The number of rotatable bonds is 7. The van der Waals surface area contributed by atoms with E-state index >= 15 is 0 Å². The molecule has 0 aromatic heterocycles. The first-order chi connectivity index (χ1) is 13.8. The highest BCUT2D eigenvalue weighted by Crippen LogP contribution is 2.27. The Hall–Kier alpha value is -2.52. The fourth-order valence-electron chi connectivity index (χ4n) is 2.22. The van der Waals surface area contributed by atoms with Crippen molar-refractivity contribution < 1.29 is 38.4 Å². The van der Waals surface area contributed by atoms with Crippen LogP contribution in [0.1, 0.15) is 5.56 Å². The topological polar surface area (TPSA) is 162 Å². The lowest BCUT2D eigenvalue weighted by Gasteiger charge is -2.12. The zero-order valence-electron chi connectivity index (χ0n) is 15.9. The van der Waals surface area contributed by atoms with Crippen molar-refractivity contribution in [3.8, 4) is 0 Å². The monoisotopic (exact) mass is 478 g/mol. The van der Waals surface area contributed by atoms with E-state index in [4.69, 9.17) is 0 Å². The van der Waals surface area contributed by atoms with E-state index in [0.29, 0.717) is 0 Å². The number of nitrogens with one attached hydrogen (secondary N) is 2. The third-order valence-corrected chi connectivity index (χ3v) is 7.86. The number of hydrogen-bond acceptors (Lipinski definition) is 9. The molecular weight excluding hydrogens is 460 g/mol. The average molecular weight is 479 g/mol. The fraction of sp³-hybridized carbons (Fsp3) is 0.188. The summed E-state index contributed by atoms with van der Waals surface area (Å²) in [6.45, 7) is 1.76. The van der Waals surface area contributed by atoms with Gasteiger partial charge >= 0.3 is 6.03 Å². The van der Waals surface area contributed by atoms with Crippen molar-refractivity contribution in [3.05, 3.63) is 48.0 Å². The van der Waals surface area contributed by atoms with Crippen LogP contribution in [-0.2, 0) is 38.6 Å². The molecule has 0 atom stereocenters. The smallest absolute Gasteiger partial charge is 0.307 e. The van der Waals surface area contributed by atoms with E-state index in [1.165, 1.54) is 12.1 Å². The van der Waals surface area contributed by atoms with Gasteiger partial charge in [0.15, 0.2) is 0 Å². The molecule has 0 saturated carbocycles. The molecule has 0 heterocycles. The van der Waals surface area contributed by atoms with E-state index in [1.807, 2.05) is 0 Å². The summed E-state index contributed by atoms with van der Waals surface area (Å²) in [4.78, 5) is 10.4. The second kappa shape index (κ2) is 8.69. The van der Waals surface area contributed by atoms with Gasteiger partial charge in [0, 0.05) is 5.69 Å². The number of amides is 2. The zero-order chi connectivity index (χ0) is 22.7. The van der Waals surface area contributed by atoms with Crippen LogP contribution in [0.2, 0.25) is 0 Å². The van der Waals surface area contributed by atoms with E-state index in [1.54, 1.807) is 23.8 Å². The zero-order valence-corrected chi connectivity index (χ0v) is 18.4. The minimum Gasteiger partial charge on any atom is -0.307 e. The number of hydrogen-bond donors (Lipinski definition) is 2. The Morgan fingerprint density at radius 1 is 0.800 bits per heavy atom. The molecule has 0 aliphatic heterocycles. The first kappa shape index (κ1) is 23.8. The lowest BCUT2D eigenvalue weighted by molar-refractivity contribution is 0.256. The molecule has 2 aromatic carbocycles. The van der Waals surface area contributed by atoms with Gasteiger partial charge in [-0.1, -0.05) is 17.7 Å². The number of benzene rings is 2. The van der Waals surface area contributed by atoms with E-state index in [9.17, 15) is 30.0 Å². The SMILES string of the molecule is COS(=O)(=O)c1ccc(NC(=O)NS(=O)(=O)c2ccc(C)cc2)cc1S(=O)(=O)OC. The Labute approximate surface area is 174 Å². The maximum atomic E-state index is 12.3. The highest BCUT2D eigenvalue weighted by molar-refractivity contribution is 7.90. The summed E-state index contributed by atoms with van der Waals surface area (Å²) in [5.41, 5.74) is 0.605. The molecule has 0 aliphatic rings. The molecule has 2 amide bonds. The van der Waals surface area contributed by atoms with Crippen LogP contribution in [0, 0.1) is 6.92 Å². The summed E-state index contributed by atoms with van der Waals surface area (Å²) in [5.74, 6) is 0. The largest absolute Gasteiger partial charge is 0.333 e. The number of sulfonamides is 1. The van der Waals surface area contributed by atoms with Crippen molar-refractivity contribution >= 4 is 42.0 Å². The van der Waals surface area contributed by atoms with Gasteiger partial charge in [0.25, 0.3) is 30.3 Å². The normalized spacial score (nSPS) is 12.4. The van der Waals surface area contributed by atoms with Gasteiger partial charge in [-0.05, 0) is 37.3 Å². The minimum atomic E-state index is -4.51. The maximum Gasteiger partial charge on any atom is 0.333 e. The lowest BCUT2D eigenvalue weighted by Crippen LogP contribution is -2.34. The van der Waals surface area contributed by atoms with Crippen molar-refractivity contribution in [1.82, 2.24) is 4.72 Å². The molecule has 14 heteroatoms. The molecule has 0 radical (unpaired) electrons. The molecule has 2 N–H and O–H groups in total. The van der Waals surface area contributed by atoms with Gasteiger partial charge in [0.2, 0.25) is 0 Å². The first-order valence-electron chi connectivity index (χ1n) is 7.98. The van der Waals surface area contributed by atoms with E-state index in [0.717, 1.165) is 38.0 Å². The van der Waals surface area contributed by atoms with Gasteiger partial charge in [0.1, 0.15) is 9.79 Å². The van der Waals surface area contributed by atoms with E-state index in [-0.39, 0.29) is 10.6 Å². The Morgan fingerprint density at radius 3 is 1.87 bits per heavy atom. The summed E-state index contributed by atoms with van der Waals surface area (Å²) in [5, 5.41) is 2.13. The van der Waals surface area contributed by atoms with Gasteiger partial charge in [0.05, 0.1) is 19.1 Å². The van der Waals surface area contributed by atoms with Crippen molar-refractivity contribution in [2.45, 2.75) is 21.6 Å². The molecular formula is C16H18N2O9S3. The molecule has 0 spiro atoms. The highest BCUT2D eigenvalue weighted by atomic mass is 32.2. The van der Waals surface area contributed by atoms with Crippen molar-refractivity contribution in [1.29, 1.82) is 0 Å². The van der Waals surface area contributed by atoms with Gasteiger partial charge < -0.3 is 5.32 Å². The van der Waals surface area contributed by atoms with Gasteiger partial charge in [-0.2, -0.15) is 16.8 Å². The van der Waals surface area contributed by atoms with Crippen LogP contribution in [0.5, 0.6) is 0 Å². The summed E-state index contributed by atoms with van der Waals surface area (Å²) in [7, 11) is -11.5. The van der Waals surface area contributed by atoms with Crippen molar-refractivity contribution in [2.75, 3.05) is 19.5 Å². The lowest BCUT2D eigenvalue weighted by atomic mass is 10.2. The molecule has 164 valence electrons. The summed E-state index contributed by atoms with van der Waals surface area (Å²) in [6, 6.07) is 7.22. The molecule has 30 heavy (non-hydrogen) atoms. The molecule has 0 unspecified atom stereocenters. The number of carbonyl (C=O) groups excluding carboxylic acids is 1. The number of urea groups is 1. The average Bonchev–Trinajstić information content (AvgIpc) is 2.67. The Morgan fingerprint density at radius 2 is 1.33 bits per heavy atom. The number of aryl methyl sites for hydroxylation is 1. The minimum absolute atomic E-state index is 0.160. The Balaban J connectivity index is 2.35. The standard InChI is InChI=1S/C16H18N2O9S3/c1-11-4-7-13(8-5-11)28(20,21)18-16(19)17-12-6-9-14(29(22,23)26-2)15(10-12)30(24,25)27-3/h4-10H,1-3H3,(H2,17,18,19). The second-order valence-electron chi connectivity index (χ2n) is 5.78. The Bertz CT molecular complexity index is 1270. The van der Waals surface area contributed by atoms with Crippen LogP contribution in [0.15, 0.2) is 57.2 Å². The van der Waals surface area contributed by atoms with Gasteiger partial charge in [-0.3, -0.25) is 8.37 Å². The molecule has 0 saturated heterocycles. The molecule has 0 bridgehead atoms. The van der Waals surface area contributed by atoms with Crippen LogP contribution in [0.3, 0.4) is 0 Å². The van der Waals surface area contributed by atoms with Crippen LogP contribution in [-0.4, -0.2) is 45.5 Å². The van der Waals surface area contributed by atoms with Crippen LogP contribution >= 0.6 is 0 Å². The predicted octanol–water partition coefficient (Wildman–Crippen LogP) is 1.18. The van der Waals surface area contributed by atoms with Crippen LogP contribution in [0.25, 0.3) is 0 Å². The van der Waals surface area contributed by atoms with Crippen molar-refractivity contribution in [2.24, 2.45) is 0 Å². The third-order valence-electron chi connectivity index (χ3n) is 3.74. The molecule has 2 rings (SSSR count). The number of carbonyl (C=O) groups is 1. The highest BCUT2D eigenvalue weighted by Gasteiger charge is 2.28. The maximum absolute atomic E-state index is 12.3. The van der Waals surface area contributed by atoms with Gasteiger partial charge in [-0.15, -0.1) is 0 Å². The molecule has 2 aromatic rings. The Kier molecular flexibility index (Phi) is 6.88. The van der Waals surface area contributed by atoms with Crippen molar-refractivity contribution in [3.63, 3.8) is 0 Å². The fourth-order valence-corrected chi connectivity index (χ4v) is 5.23. The van der Waals surface area contributed by atoms with Crippen LogP contribution < -0.4 is 10.0 Å². The van der Waals surface area contributed by atoms with Crippen LogP contribution in [0.4, 0.5) is 10.5 Å². The third kappa shape index (κ3) is 5.34. The number of anilines is 1. The second-order valence-corrected chi connectivity index (χ2v) is 10.8. The predicted molar refractivity (Wildman–Crippen MR) is 105 cm³/mol. The molecule has 0 fully saturated rings. The summed E-state index contributed by atoms with van der Waals surface area (Å²) in [6.07, 6.45) is 0. The molecule has 0 aliphatic carbocycles. The molecule has 11 nitrogen and oxygen atoms in total. The summed E-state index contributed by atoms with van der Waals surface area (Å²) >= 11 is 0. The van der Waals surface area contributed by atoms with Gasteiger partial charge in [-0.25, -0.2) is 17.9 Å². The van der Waals surface area contributed by atoms with E-state index in [2.05, 4.69) is 13.7 Å². The first-order valence-corrected chi connectivity index (χ1v) is 12.3.